The van der Waals surface area contributed by atoms with Crippen LogP contribution in [0.2, 0.25) is 0 Å². The molecule has 0 radical (unpaired) electrons. The molecule has 4 rings (SSSR count). The molecule has 1 saturated heterocycles. The predicted molar refractivity (Wildman–Crippen MR) is 131 cm³/mol. The zero-order valence-corrected chi connectivity index (χ0v) is 19.7. The van der Waals surface area contributed by atoms with Crippen molar-refractivity contribution in [2.45, 2.75) is 45.8 Å². The summed E-state index contributed by atoms with van der Waals surface area (Å²) in [6, 6.07) is 5.84. The first-order valence-corrected chi connectivity index (χ1v) is 11.3. The number of Topliss-reactive ketones (excluding diaryl/α,β-unsaturated/α-hetero) is 1. The van der Waals surface area contributed by atoms with Crippen LogP contribution in [0, 0.1) is 0 Å². The first-order valence-electron chi connectivity index (χ1n) is 11.3. The second-order valence-corrected chi connectivity index (χ2v) is 9.03. The average Bonchev–Trinajstić information content (AvgIpc) is 3.19. The van der Waals surface area contributed by atoms with E-state index >= 15 is 0 Å². The van der Waals surface area contributed by atoms with Crippen molar-refractivity contribution in [3.05, 3.63) is 62.3 Å². The van der Waals surface area contributed by atoms with Gasteiger partial charge in [0.15, 0.2) is 16.9 Å². The molecule has 2 aromatic heterocycles. The number of allylic oxidation sites excluding steroid dienone is 2. The Morgan fingerprint density at radius 2 is 2.03 bits per heavy atom. The minimum Gasteiger partial charge on any atom is -0.508 e. The molecular formula is C24H30N6O4. The minimum absolute atomic E-state index is 0.00542. The largest absolute Gasteiger partial charge is 0.508 e. The molecule has 0 spiro atoms. The molecule has 10 nitrogen and oxygen atoms in total. The Balaban J connectivity index is 1.88. The van der Waals surface area contributed by atoms with Gasteiger partial charge < -0.3 is 20.3 Å². The van der Waals surface area contributed by atoms with E-state index in [1.165, 1.54) is 28.8 Å². The van der Waals surface area contributed by atoms with Crippen molar-refractivity contribution in [3.8, 4) is 5.75 Å². The lowest BCUT2D eigenvalue weighted by Crippen LogP contribution is -2.44. The Labute approximate surface area is 196 Å². The zero-order chi connectivity index (χ0) is 24.6. The number of nitrogens with two attached hydrogens (primary N) is 1. The highest BCUT2D eigenvalue weighted by Crippen LogP contribution is 2.23. The van der Waals surface area contributed by atoms with Crippen LogP contribution >= 0.6 is 0 Å². The van der Waals surface area contributed by atoms with Crippen molar-refractivity contribution in [1.29, 1.82) is 0 Å². The fourth-order valence-corrected chi connectivity index (χ4v) is 4.29. The van der Waals surface area contributed by atoms with E-state index in [4.69, 9.17) is 10.7 Å². The number of rotatable bonds is 6. The number of ketones is 1. The molecule has 1 aliphatic rings. The number of aryl methyl sites for hydroxylation is 1. The fraction of sp³-hybridized carbons (Fsp3) is 0.417. The van der Waals surface area contributed by atoms with E-state index in [1.807, 2.05) is 19.9 Å². The van der Waals surface area contributed by atoms with Crippen LogP contribution < -0.4 is 21.9 Å². The van der Waals surface area contributed by atoms with Crippen LogP contribution in [0.4, 0.5) is 5.95 Å². The number of fused-ring (bicyclic) bond motifs is 1. The molecule has 180 valence electrons. The van der Waals surface area contributed by atoms with Gasteiger partial charge in [-0.05, 0) is 38.8 Å². The van der Waals surface area contributed by atoms with Crippen molar-refractivity contribution in [1.82, 2.24) is 18.7 Å². The van der Waals surface area contributed by atoms with Crippen molar-refractivity contribution < 1.29 is 9.90 Å². The Morgan fingerprint density at radius 1 is 1.26 bits per heavy atom. The average molecular weight is 467 g/mol. The summed E-state index contributed by atoms with van der Waals surface area (Å²) in [7, 11) is 1.55. The van der Waals surface area contributed by atoms with Crippen LogP contribution in [0.25, 0.3) is 11.2 Å². The highest BCUT2D eigenvalue weighted by atomic mass is 16.3. The standard InChI is InChI=1S/C24H30N6O4/c1-15(2)9-11-29-20-21(26-23(29)28-10-5-7-17(25)13-28)27(3)24(34)30(22(20)33)14-19(32)16-6-4-8-18(31)12-16/h4,6,8-9,12,17,31H,5,7,10-11,13-14,25H2,1-3H3. The highest BCUT2D eigenvalue weighted by molar-refractivity contribution is 5.96. The maximum absolute atomic E-state index is 13.6. The lowest BCUT2D eigenvalue weighted by Gasteiger charge is -2.31. The number of nitrogens with zero attached hydrogens (tertiary/aromatic N) is 5. The molecule has 1 aromatic carbocycles. The van der Waals surface area contributed by atoms with Crippen molar-refractivity contribution in [2.24, 2.45) is 12.8 Å². The summed E-state index contributed by atoms with van der Waals surface area (Å²) in [4.78, 5) is 46.3. The predicted octanol–water partition coefficient (Wildman–Crippen LogP) is 1.38. The van der Waals surface area contributed by atoms with E-state index in [2.05, 4.69) is 4.90 Å². The molecule has 0 bridgehead atoms. The van der Waals surface area contributed by atoms with Crippen LogP contribution in [0.5, 0.6) is 5.75 Å². The van der Waals surface area contributed by atoms with Gasteiger partial charge in [0, 0.05) is 38.3 Å². The molecule has 0 amide bonds. The van der Waals surface area contributed by atoms with E-state index in [-0.39, 0.29) is 28.5 Å². The SMILES string of the molecule is CC(C)=CCn1c(N2CCCC(N)C2)nc2c1c(=O)n(CC(=O)c1cccc(O)c1)c(=O)n2C. The summed E-state index contributed by atoms with van der Waals surface area (Å²) in [5.41, 5.74) is 6.82. The number of phenolic OH excluding ortho intramolecular Hbond substituents is 1. The maximum atomic E-state index is 13.6. The topological polar surface area (TPSA) is 128 Å². The summed E-state index contributed by atoms with van der Waals surface area (Å²) < 4.78 is 4.04. The van der Waals surface area contributed by atoms with Gasteiger partial charge in [0.25, 0.3) is 5.56 Å². The summed E-state index contributed by atoms with van der Waals surface area (Å²) in [5.74, 6) is 0.0737. The highest BCUT2D eigenvalue weighted by Gasteiger charge is 2.26. The second kappa shape index (κ2) is 9.30. The van der Waals surface area contributed by atoms with Gasteiger partial charge in [0.2, 0.25) is 5.95 Å². The first kappa shape index (κ1) is 23.5. The molecule has 3 N–H and O–H groups in total. The van der Waals surface area contributed by atoms with Crippen LogP contribution in [0.15, 0.2) is 45.5 Å². The van der Waals surface area contributed by atoms with Gasteiger partial charge in [0.05, 0.1) is 6.54 Å². The molecule has 1 unspecified atom stereocenters. The van der Waals surface area contributed by atoms with Crippen molar-refractivity contribution in [3.63, 3.8) is 0 Å². The fourth-order valence-electron chi connectivity index (χ4n) is 4.29. The lowest BCUT2D eigenvalue weighted by molar-refractivity contribution is 0.0968. The monoisotopic (exact) mass is 466 g/mol. The number of phenols is 1. The third-order valence-corrected chi connectivity index (χ3v) is 6.10. The van der Waals surface area contributed by atoms with E-state index in [9.17, 15) is 19.5 Å². The third-order valence-electron chi connectivity index (χ3n) is 6.10. The number of hydrogen-bond acceptors (Lipinski definition) is 7. The summed E-state index contributed by atoms with van der Waals surface area (Å²) in [6.45, 7) is 5.26. The van der Waals surface area contributed by atoms with Gasteiger partial charge in [-0.3, -0.25) is 18.7 Å². The van der Waals surface area contributed by atoms with E-state index < -0.39 is 23.6 Å². The molecule has 1 aliphatic heterocycles. The van der Waals surface area contributed by atoms with Crippen LogP contribution in [-0.2, 0) is 20.1 Å². The molecule has 34 heavy (non-hydrogen) atoms. The summed E-state index contributed by atoms with van der Waals surface area (Å²) in [6.07, 6.45) is 3.82. The maximum Gasteiger partial charge on any atom is 0.332 e. The molecule has 0 aliphatic carbocycles. The van der Waals surface area contributed by atoms with Gasteiger partial charge >= 0.3 is 5.69 Å². The smallest absolute Gasteiger partial charge is 0.332 e. The Hall–Kier alpha value is -3.66. The number of hydrogen-bond donors (Lipinski definition) is 2. The Bertz CT molecular complexity index is 1390. The van der Waals surface area contributed by atoms with Gasteiger partial charge in [0.1, 0.15) is 5.75 Å². The van der Waals surface area contributed by atoms with Gasteiger partial charge in [-0.25, -0.2) is 4.79 Å². The normalized spacial score (nSPS) is 16.1. The summed E-state index contributed by atoms with van der Waals surface area (Å²) in [5, 5.41) is 9.69. The van der Waals surface area contributed by atoms with Gasteiger partial charge in [-0.2, -0.15) is 4.98 Å². The number of carbonyl (C=O) groups excluding carboxylic acids is 1. The number of imidazole rings is 1. The van der Waals surface area contributed by atoms with Crippen LogP contribution in [0.3, 0.4) is 0 Å². The van der Waals surface area contributed by atoms with Crippen LogP contribution in [-0.4, -0.2) is 48.7 Å². The first-order chi connectivity index (χ1) is 16.2. The molecule has 10 heteroatoms. The van der Waals surface area contributed by atoms with E-state index in [1.54, 1.807) is 11.6 Å². The molecule has 1 fully saturated rings. The molecular weight excluding hydrogens is 436 g/mol. The van der Waals surface area contributed by atoms with Crippen molar-refractivity contribution in [2.75, 3.05) is 18.0 Å². The third kappa shape index (κ3) is 4.41. The summed E-state index contributed by atoms with van der Waals surface area (Å²) >= 11 is 0. The number of aromatic nitrogens is 4. The number of aromatic hydroxyl groups is 1. The number of piperidine rings is 1. The van der Waals surface area contributed by atoms with Crippen molar-refractivity contribution >= 4 is 22.9 Å². The molecule has 0 saturated carbocycles. The molecule has 3 aromatic rings. The molecule has 3 heterocycles. The quantitative estimate of drug-likeness (QED) is 0.415. The Morgan fingerprint density at radius 3 is 2.71 bits per heavy atom. The minimum atomic E-state index is -0.625. The number of benzene rings is 1. The van der Waals surface area contributed by atoms with E-state index in [0.29, 0.717) is 19.0 Å². The molecule has 1 atom stereocenters. The number of carbonyl (C=O) groups is 1. The number of anilines is 1. The van der Waals surface area contributed by atoms with Crippen LogP contribution in [0.1, 0.15) is 37.0 Å². The van der Waals surface area contributed by atoms with Gasteiger partial charge in [-0.15, -0.1) is 0 Å². The lowest BCUT2D eigenvalue weighted by atomic mass is 10.1. The van der Waals surface area contributed by atoms with Gasteiger partial charge in [-0.1, -0.05) is 23.8 Å². The Kier molecular flexibility index (Phi) is 6.43. The zero-order valence-electron chi connectivity index (χ0n) is 19.7. The second-order valence-electron chi connectivity index (χ2n) is 9.03. The van der Waals surface area contributed by atoms with E-state index in [0.717, 1.165) is 29.5 Å².